The number of ether oxygens (including phenoxy) is 1. The summed E-state index contributed by atoms with van der Waals surface area (Å²) in [4.78, 5) is 49.7. The van der Waals surface area contributed by atoms with Gasteiger partial charge in [0.15, 0.2) is 6.10 Å². The van der Waals surface area contributed by atoms with Crippen LogP contribution in [-0.2, 0) is 19.1 Å². The molecule has 4 amide bonds. The van der Waals surface area contributed by atoms with Gasteiger partial charge in [-0.1, -0.05) is 6.92 Å². The summed E-state index contributed by atoms with van der Waals surface area (Å²) in [6.07, 6.45) is -0.663. The Hall–Kier alpha value is -1.93. The quantitative estimate of drug-likeness (QED) is 0.418. The summed E-state index contributed by atoms with van der Waals surface area (Å²) in [6, 6.07) is -1.49. The minimum absolute atomic E-state index is 0.284. The third-order valence-electron chi connectivity index (χ3n) is 4.22. The number of aliphatic hydroxyl groups is 1. The Bertz CT molecular complexity index is 595. The molecule has 0 radical (unpaired) electrons. The molecule has 0 aromatic heterocycles. The first-order valence-electron chi connectivity index (χ1n) is 9.25. The Labute approximate surface area is 167 Å². The molecule has 1 rings (SSSR count). The molecule has 0 bridgehead atoms. The lowest BCUT2D eigenvalue weighted by Crippen LogP contribution is -2.55. The molecule has 0 aliphatic carbocycles. The summed E-state index contributed by atoms with van der Waals surface area (Å²) in [7, 11) is 2.00. The van der Waals surface area contributed by atoms with Gasteiger partial charge in [0.25, 0.3) is 5.91 Å². The molecule has 1 fully saturated rings. The van der Waals surface area contributed by atoms with E-state index in [4.69, 9.17) is 4.74 Å². The third kappa shape index (κ3) is 7.24. The van der Waals surface area contributed by atoms with E-state index in [2.05, 4.69) is 15.7 Å². The van der Waals surface area contributed by atoms with Gasteiger partial charge in [-0.05, 0) is 49.4 Å². The molecule has 10 nitrogen and oxygen atoms in total. The molecular formula is C17H31N4O6P. The molecule has 1 saturated heterocycles. The molecule has 160 valence electrons. The number of hydrogen-bond donors (Lipinski definition) is 4. The van der Waals surface area contributed by atoms with E-state index in [1.165, 1.54) is 4.90 Å². The van der Waals surface area contributed by atoms with Gasteiger partial charge in [0.1, 0.15) is 18.2 Å². The van der Waals surface area contributed by atoms with Crippen molar-refractivity contribution in [3.63, 3.8) is 0 Å². The van der Waals surface area contributed by atoms with Crippen LogP contribution >= 0.6 is 9.39 Å². The Morgan fingerprint density at radius 1 is 1.29 bits per heavy atom. The predicted molar refractivity (Wildman–Crippen MR) is 105 cm³/mol. The summed E-state index contributed by atoms with van der Waals surface area (Å²) in [5.74, 6) is -1.47. The summed E-state index contributed by atoms with van der Waals surface area (Å²) < 4.78 is 5.08. The lowest BCUT2D eigenvalue weighted by atomic mass is 10.1. The van der Waals surface area contributed by atoms with Crippen molar-refractivity contribution >= 4 is 33.2 Å². The molecule has 4 unspecified atom stereocenters. The van der Waals surface area contributed by atoms with Crippen molar-refractivity contribution < 1.29 is 29.0 Å². The Kier molecular flexibility index (Phi) is 9.10. The molecule has 0 spiro atoms. The molecule has 11 heteroatoms. The highest BCUT2D eigenvalue weighted by molar-refractivity contribution is 7.15. The molecule has 4 atom stereocenters. The number of nitrogens with one attached hydrogen (secondary N) is 3. The third-order valence-corrected chi connectivity index (χ3v) is 4.50. The van der Waals surface area contributed by atoms with Crippen molar-refractivity contribution in [2.45, 2.75) is 70.7 Å². The first kappa shape index (κ1) is 24.1. The van der Waals surface area contributed by atoms with Gasteiger partial charge in [0.2, 0.25) is 11.8 Å². The van der Waals surface area contributed by atoms with Crippen LogP contribution in [0.3, 0.4) is 0 Å². The highest BCUT2D eigenvalue weighted by atomic mass is 31.0. The number of rotatable bonds is 7. The molecular weight excluding hydrogens is 387 g/mol. The lowest BCUT2D eigenvalue weighted by molar-refractivity contribution is -0.139. The topological polar surface area (TPSA) is 137 Å². The van der Waals surface area contributed by atoms with Gasteiger partial charge in [-0.2, -0.15) is 0 Å². The van der Waals surface area contributed by atoms with Gasteiger partial charge >= 0.3 is 6.09 Å². The second kappa shape index (κ2) is 10.6. The first-order valence-corrected chi connectivity index (χ1v) is 9.83. The second-order valence-electron chi connectivity index (χ2n) is 7.58. The summed E-state index contributed by atoms with van der Waals surface area (Å²) >= 11 is 0. The summed E-state index contributed by atoms with van der Waals surface area (Å²) in [5, 5.41) is 17.3. The number of aliphatic hydroxyl groups excluding tert-OH is 1. The highest BCUT2D eigenvalue weighted by Gasteiger charge is 2.36. The minimum Gasteiger partial charge on any atom is -0.444 e. The first-order chi connectivity index (χ1) is 13.0. The van der Waals surface area contributed by atoms with Crippen molar-refractivity contribution in [1.82, 2.24) is 20.6 Å². The zero-order valence-electron chi connectivity index (χ0n) is 16.8. The maximum Gasteiger partial charge on any atom is 0.408 e. The fraction of sp³-hybridized carbons (Fsp3) is 0.765. The van der Waals surface area contributed by atoms with E-state index >= 15 is 0 Å². The van der Waals surface area contributed by atoms with Gasteiger partial charge in [-0.3, -0.25) is 14.4 Å². The van der Waals surface area contributed by atoms with Crippen LogP contribution in [-0.4, -0.2) is 70.7 Å². The number of nitrogens with zero attached hydrogens (tertiary/aromatic N) is 1. The molecule has 1 aliphatic heterocycles. The fourth-order valence-electron chi connectivity index (χ4n) is 2.85. The van der Waals surface area contributed by atoms with Crippen LogP contribution in [0.15, 0.2) is 0 Å². The van der Waals surface area contributed by atoms with Crippen LogP contribution < -0.4 is 15.7 Å². The highest BCUT2D eigenvalue weighted by Crippen LogP contribution is 2.18. The molecule has 0 saturated carbocycles. The summed E-state index contributed by atoms with van der Waals surface area (Å²) in [5.41, 5.74) is -0.678. The van der Waals surface area contributed by atoms with Crippen molar-refractivity contribution in [2.75, 3.05) is 13.1 Å². The standard InChI is InChI=1S/C17H31N4O6P/c1-5-10(13(23)15(25)20-28)19-14(24)11-7-6-8-21(11)12(22)9-18-16(26)27-17(2,3)4/h10-11,13,23H,5-9,28H2,1-4H3,(H,18,26)(H,19,24)(H,20,25). The number of likely N-dealkylation sites (tertiary alicyclic amines) is 1. The number of carbonyl (C=O) groups is 4. The van der Waals surface area contributed by atoms with Crippen molar-refractivity contribution in [3.05, 3.63) is 0 Å². The number of carbonyl (C=O) groups excluding carboxylic acids is 4. The second-order valence-corrected chi connectivity index (χ2v) is 7.87. The largest absolute Gasteiger partial charge is 0.444 e. The van der Waals surface area contributed by atoms with E-state index in [0.29, 0.717) is 25.8 Å². The van der Waals surface area contributed by atoms with Crippen molar-refractivity contribution in [3.8, 4) is 0 Å². The van der Waals surface area contributed by atoms with E-state index in [0.717, 1.165) is 0 Å². The van der Waals surface area contributed by atoms with Crippen molar-refractivity contribution in [1.29, 1.82) is 0 Å². The predicted octanol–water partition coefficient (Wildman–Crippen LogP) is -0.336. The van der Waals surface area contributed by atoms with Gasteiger partial charge in [-0.25, -0.2) is 4.79 Å². The van der Waals surface area contributed by atoms with E-state index in [9.17, 15) is 24.3 Å². The molecule has 4 N–H and O–H groups in total. The van der Waals surface area contributed by atoms with Crippen LogP contribution in [0.4, 0.5) is 4.79 Å². The normalized spacial score (nSPS) is 18.8. The van der Waals surface area contributed by atoms with E-state index < -0.39 is 47.6 Å². The number of alkyl carbamates (subject to hydrolysis) is 1. The molecule has 0 aromatic carbocycles. The molecule has 0 aromatic rings. The zero-order valence-corrected chi connectivity index (χ0v) is 17.9. The average molecular weight is 418 g/mol. The Morgan fingerprint density at radius 3 is 2.46 bits per heavy atom. The van der Waals surface area contributed by atoms with E-state index in [1.807, 2.05) is 9.39 Å². The van der Waals surface area contributed by atoms with Crippen LogP contribution in [0.1, 0.15) is 47.0 Å². The summed E-state index contributed by atoms with van der Waals surface area (Å²) in [6.45, 7) is 6.97. The SMILES string of the molecule is CCC(NC(=O)C1CCCN1C(=O)CNC(=O)OC(C)(C)C)C(O)C(=O)NP. The maximum atomic E-state index is 12.6. The Morgan fingerprint density at radius 2 is 1.93 bits per heavy atom. The minimum atomic E-state index is -1.40. The average Bonchev–Trinajstić information content (AvgIpc) is 3.11. The van der Waals surface area contributed by atoms with Crippen LogP contribution in [0.2, 0.25) is 0 Å². The van der Waals surface area contributed by atoms with Crippen LogP contribution in [0.25, 0.3) is 0 Å². The lowest BCUT2D eigenvalue weighted by Gasteiger charge is -2.28. The van der Waals surface area contributed by atoms with Gasteiger partial charge in [-0.15, -0.1) is 0 Å². The van der Waals surface area contributed by atoms with Crippen LogP contribution in [0.5, 0.6) is 0 Å². The fourth-order valence-corrected chi connectivity index (χ4v) is 3.02. The number of hydrogen-bond acceptors (Lipinski definition) is 6. The van der Waals surface area contributed by atoms with E-state index in [1.54, 1.807) is 27.7 Å². The molecule has 28 heavy (non-hydrogen) atoms. The molecule has 1 aliphatic rings. The Balaban J connectivity index is 2.65. The zero-order chi connectivity index (χ0) is 21.5. The number of amides is 4. The van der Waals surface area contributed by atoms with Gasteiger partial charge < -0.3 is 30.5 Å². The van der Waals surface area contributed by atoms with Gasteiger partial charge in [0.05, 0.1) is 6.04 Å². The van der Waals surface area contributed by atoms with Crippen LogP contribution in [0, 0.1) is 0 Å². The maximum absolute atomic E-state index is 12.6. The monoisotopic (exact) mass is 418 g/mol. The smallest absolute Gasteiger partial charge is 0.408 e. The van der Waals surface area contributed by atoms with Gasteiger partial charge in [0, 0.05) is 6.54 Å². The van der Waals surface area contributed by atoms with Crippen molar-refractivity contribution in [2.24, 2.45) is 0 Å². The molecule has 1 heterocycles. The van der Waals surface area contributed by atoms with E-state index in [-0.39, 0.29) is 6.54 Å².